The molecule has 1 saturated heterocycles. The molecule has 2 amide bonds. The van der Waals surface area contributed by atoms with E-state index in [2.05, 4.69) is 19.3 Å². The van der Waals surface area contributed by atoms with Crippen LogP contribution < -0.4 is 11.3 Å². The maximum atomic E-state index is 12.0. The Bertz CT molecular complexity index is 524. The predicted octanol–water partition coefficient (Wildman–Crippen LogP) is 1.66. The number of nitrogens with zero attached hydrogens (tertiary/aromatic N) is 1. The van der Waals surface area contributed by atoms with Gasteiger partial charge in [-0.25, -0.2) is 5.84 Å². The van der Waals surface area contributed by atoms with Gasteiger partial charge in [0.25, 0.3) is 5.91 Å². The van der Waals surface area contributed by atoms with Crippen molar-refractivity contribution in [3.63, 3.8) is 0 Å². The Morgan fingerprint density at radius 1 is 1.60 bits per heavy atom. The Morgan fingerprint density at radius 2 is 2.30 bits per heavy atom. The Balaban J connectivity index is 2.09. The molecular formula is C14H21N3O2S. The molecule has 0 bridgehead atoms. The molecule has 1 aromatic rings. The van der Waals surface area contributed by atoms with Crippen molar-refractivity contribution >= 4 is 23.2 Å². The van der Waals surface area contributed by atoms with Gasteiger partial charge in [0.2, 0.25) is 5.91 Å². The van der Waals surface area contributed by atoms with Crippen LogP contribution in [0.25, 0.3) is 0 Å². The molecular weight excluding hydrogens is 274 g/mol. The Hall–Kier alpha value is -1.40. The van der Waals surface area contributed by atoms with Gasteiger partial charge in [0.15, 0.2) is 0 Å². The number of carbonyl (C=O) groups excluding carboxylic acids is 2. The zero-order chi connectivity index (χ0) is 14.9. The zero-order valence-corrected chi connectivity index (χ0v) is 12.9. The molecule has 2 heterocycles. The van der Waals surface area contributed by atoms with E-state index in [-0.39, 0.29) is 11.8 Å². The van der Waals surface area contributed by atoms with Gasteiger partial charge in [0.05, 0.1) is 4.88 Å². The van der Waals surface area contributed by atoms with Gasteiger partial charge in [0, 0.05) is 24.4 Å². The molecule has 0 radical (unpaired) electrons. The first-order valence-corrected chi connectivity index (χ1v) is 7.62. The summed E-state index contributed by atoms with van der Waals surface area (Å²) in [7, 11) is 0. The summed E-state index contributed by atoms with van der Waals surface area (Å²) in [4.78, 5) is 27.1. The van der Waals surface area contributed by atoms with E-state index in [0.29, 0.717) is 29.7 Å². The van der Waals surface area contributed by atoms with Crippen LogP contribution in [0.3, 0.4) is 0 Å². The van der Waals surface area contributed by atoms with Crippen LogP contribution >= 0.6 is 11.3 Å². The maximum absolute atomic E-state index is 12.0. The first kappa shape index (κ1) is 15.0. The minimum atomic E-state index is -0.280. The molecule has 1 unspecified atom stereocenters. The third-order valence-electron chi connectivity index (χ3n) is 3.92. The molecule has 1 aromatic heterocycles. The van der Waals surface area contributed by atoms with Crippen molar-refractivity contribution in [2.75, 3.05) is 6.54 Å². The molecule has 1 aliphatic heterocycles. The lowest BCUT2D eigenvalue weighted by Crippen LogP contribution is -2.29. The van der Waals surface area contributed by atoms with Crippen LogP contribution in [-0.4, -0.2) is 23.3 Å². The van der Waals surface area contributed by atoms with Gasteiger partial charge in [-0.15, -0.1) is 11.3 Å². The number of carbonyl (C=O) groups is 2. The van der Waals surface area contributed by atoms with E-state index in [4.69, 9.17) is 5.84 Å². The SMILES string of the molecule is Cc1sc(C(=O)NN)cc1CN1CC(C(C)C)CC1=O. The van der Waals surface area contributed by atoms with Crippen LogP contribution in [-0.2, 0) is 11.3 Å². The highest BCUT2D eigenvalue weighted by Gasteiger charge is 2.31. The summed E-state index contributed by atoms with van der Waals surface area (Å²) in [6.45, 7) is 7.67. The topological polar surface area (TPSA) is 75.4 Å². The molecule has 0 saturated carbocycles. The molecule has 1 atom stereocenters. The van der Waals surface area contributed by atoms with E-state index in [1.165, 1.54) is 11.3 Å². The zero-order valence-electron chi connectivity index (χ0n) is 12.1. The van der Waals surface area contributed by atoms with E-state index in [1.807, 2.05) is 17.9 Å². The van der Waals surface area contributed by atoms with Crippen molar-refractivity contribution in [1.82, 2.24) is 10.3 Å². The summed E-state index contributed by atoms with van der Waals surface area (Å²) in [6.07, 6.45) is 0.636. The van der Waals surface area contributed by atoms with Gasteiger partial charge in [-0.2, -0.15) is 0 Å². The Morgan fingerprint density at radius 3 is 2.85 bits per heavy atom. The van der Waals surface area contributed by atoms with Gasteiger partial charge in [0.1, 0.15) is 0 Å². The molecule has 1 aliphatic rings. The predicted molar refractivity (Wildman–Crippen MR) is 79.1 cm³/mol. The second kappa shape index (κ2) is 5.93. The summed E-state index contributed by atoms with van der Waals surface area (Å²) < 4.78 is 0. The highest BCUT2D eigenvalue weighted by Crippen LogP contribution is 2.29. The summed E-state index contributed by atoms with van der Waals surface area (Å²) in [5.74, 6) is 6.03. The van der Waals surface area contributed by atoms with Crippen molar-refractivity contribution in [3.05, 3.63) is 21.4 Å². The summed E-state index contributed by atoms with van der Waals surface area (Å²) in [6, 6.07) is 1.83. The number of nitrogens with one attached hydrogen (secondary N) is 1. The van der Waals surface area contributed by atoms with Crippen molar-refractivity contribution < 1.29 is 9.59 Å². The van der Waals surface area contributed by atoms with Crippen molar-refractivity contribution in [1.29, 1.82) is 0 Å². The molecule has 20 heavy (non-hydrogen) atoms. The Labute approximate surface area is 123 Å². The Kier molecular flexibility index (Phi) is 4.45. The summed E-state index contributed by atoms with van der Waals surface area (Å²) in [5, 5.41) is 0. The lowest BCUT2D eigenvalue weighted by Gasteiger charge is -2.18. The monoisotopic (exact) mass is 295 g/mol. The summed E-state index contributed by atoms with van der Waals surface area (Å²) >= 11 is 1.41. The van der Waals surface area contributed by atoms with E-state index in [1.54, 1.807) is 0 Å². The third kappa shape index (κ3) is 3.02. The lowest BCUT2D eigenvalue weighted by atomic mass is 9.95. The van der Waals surface area contributed by atoms with Gasteiger partial charge in [-0.1, -0.05) is 13.8 Å². The number of nitrogen functional groups attached to an aromatic ring is 1. The van der Waals surface area contributed by atoms with Crippen LogP contribution in [0, 0.1) is 18.8 Å². The third-order valence-corrected chi connectivity index (χ3v) is 5.02. The number of hydrazine groups is 1. The van der Waals surface area contributed by atoms with Crippen LogP contribution in [0.1, 0.15) is 40.4 Å². The molecule has 2 rings (SSSR count). The maximum Gasteiger partial charge on any atom is 0.275 e. The largest absolute Gasteiger partial charge is 0.338 e. The fourth-order valence-corrected chi connectivity index (χ4v) is 3.40. The molecule has 0 aromatic carbocycles. The second-order valence-corrected chi connectivity index (χ2v) is 6.90. The van der Waals surface area contributed by atoms with Crippen LogP contribution in [0.2, 0.25) is 0 Å². The fourth-order valence-electron chi connectivity index (χ4n) is 2.47. The highest BCUT2D eigenvalue weighted by molar-refractivity contribution is 7.14. The first-order valence-electron chi connectivity index (χ1n) is 6.80. The van der Waals surface area contributed by atoms with E-state index < -0.39 is 0 Å². The minimum absolute atomic E-state index is 0.208. The van der Waals surface area contributed by atoms with Crippen molar-refractivity contribution in [3.8, 4) is 0 Å². The number of likely N-dealkylation sites (tertiary alicyclic amines) is 1. The summed E-state index contributed by atoms with van der Waals surface area (Å²) in [5.41, 5.74) is 3.17. The molecule has 5 nitrogen and oxygen atoms in total. The van der Waals surface area contributed by atoms with Gasteiger partial charge >= 0.3 is 0 Å². The quantitative estimate of drug-likeness (QED) is 0.504. The van der Waals surface area contributed by atoms with Crippen molar-refractivity contribution in [2.24, 2.45) is 17.7 Å². The van der Waals surface area contributed by atoms with Gasteiger partial charge < -0.3 is 4.90 Å². The fraction of sp³-hybridized carbons (Fsp3) is 0.571. The van der Waals surface area contributed by atoms with Crippen LogP contribution in [0.5, 0.6) is 0 Å². The molecule has 0 aliphatic carbocycles. The normalized spacial score (nSPS) is 18.9. The van der Waals surface area contributed by atoms with Crippen molar-refractivity contribution in [2.45, 2.75) is 33.7 Å². The van der Waals surface area contributed by atoms with E-state index in [9.17, 15) is 9.59 Å². The molecule has 0 spiro atoms. The number of hydrogen-bond acceptors (Lipinski definition) is 4. The number of rotatable bonds is 4. The average molecular weight is 295 g/mol. The van der Waals surface area contributed by atoms with Gasteiger partial charge in [-0.3, -0.25) is 15.0 Å². The van der Waals surface area contributed by atoms with Crippen LogP contribution in [0.4, 0.5) is 0 Å². The highest BCUT2D eigenvalue weighted by atomic mass is 32.1. The molecule has 6 heteroatoms. The first-order chi connectivity index (χ1) is 9.42. The number of nitrogens with two attached hydrogens (primary N) is 1. The van der Waals surface area contributed by atoms with Gasteiger partial charge in [-0.05, 0) is 30.4 Å². The number of hydrogen-bond donors (Lipinski definition) is 2. The molecule has 1 fully saturated rings. The smallest absolute Gasteiger partial charge is 0.275 e. The molecule has 110 valence electrons. The number of aryl methyl sites for hydroxylation is 1. The number of amides is 2. The standard InChI is InChI=1S/C14H21N3O2S/c1-8(2)10-5-13(18)17(6-10)7-11-4-12(14(19)16-15)20-9(11)3/h4,8,10H,5-7,15H2,1-3H3,(H,16,19). The second-order valence-electron chi connectivity index (χ2n) is 5.65. The number of thiophene rings is 1. The van der Waals surface area contributed by atoms with E-state index >= 15 is 0 Å². The van der Waals surface area contributed by atoms with Crippen LogP contribution in [0.15, 0.2) is 6.07 Å². The van der Waals surface area contributed by atoms with E-state index in [0.717, 1.165) is 17.0 Å². The molecule has 3 N–H and O–H groups in total. The minimum Gasteiger partial charge on any atom is -0.338 e. The lowest BCUT2D eigenvalue weighted by molar-refractivity contribution is -0.128. The average Bonchev–Trinajstić information content (AvgIpc) is 2.94.